The van der Waals surface area contributed by atoms with E-state index in [1.807, 2.05) is 12.1 Å². The van der Waals surface area contributed by atoms with Gasteiger partial charge in [-0.2, -0.15) is 0 Å². The van der Waals surface area contributed by atoms with Crippen molar-refractivity contribution in [3.8, 4) is 34.5 Å². The van der Waals surface area contributed by atoms with Crippen LogP contribution in [0.25, 0.3) is 44.3 Å². The molecule has 1 atom stereocenters. The summed E-state index contributed by atoms with van der Waals surface area (Å²) in [6, 6.07) is 53.6. The minimum atomic E-state index is -3.40. The van der Waals surface area contributed by atoms with Gasteiger partial charge < -0.3 is 18.3 Å². The molecule has 0 spiro atoms. The number of benzene rings is 6. The highest BCUT2D eigenvalue weighted by molar-refractivity contribution is 7.05. The second-order valence-electron chi connectivity index (χ2n) is 15.0. The van der Waals surface area contributed by atoms with Crippen LogP contribution in [0.3, 0.4) is 0 Å². The van der Waals surface area contributed by atoms with Gasteiger partial charge in [0.25, 0.3) is 0 Å². The van der Waals surface area contributed by atoms with Gasteiger partial charge in [0, 0.05) is 22.0 Å². The van der Waals surface area contributed by atoms with Crippen molar-refractivity contribution >= 4 is 56.8 Å². The molecule has 254 valence electrons. The van der Waals surface area contributed by atoms with E-state index >= 15 is 0 Å². The highest BCUT2D eigenvalue weighted by atomic mass is 28.3. The summed E-state index contributed by atoms with van der Waals surface area (Å²) < 4.78 is 20.6. The van der Waals surface area contributed by atoms with Gasteiger partial charge in [-0.05, 0) is 70.8 Å². The van der Waals surface area contributed by atoms with Crippen molar-refractivity contribution in [3.63, 3.8) is 0 Å². The fourth-order valence-electron chi connectivity index (χ4n) is 8.43. The van der Waals surface area contributed by atoms with Crippen molar-refractivity contribution in [2.24, 2.45) is 0 Å². The number of imidazole rings is 1. The fourth-order valence-corrected chi connectivity index (χ4v) is 13.0. The van der Waals surface area contributed by atoms with Crippen LogP contribution >= 0.6 is 0 Å². The molecule has 53 heavy (non-hydrogen) atoms. The molecule has 0 saturated heterocycles. The van der Waals surface area contributed by atoms with Crippen LogP contribution in [-0.2, 0) is 5.41 Å². The maximum atomic E-state index is 7.00. The molecule has 7 heteroatoms. The summed E-state index contributed by atoms with van der Waals surface area (Å²) in [5, 5.41) is 5.61. The molecule has 0 N–H and O–H groups in total. The molecule has 2 aliphatic rings. The van der Waals surface area contributed by atoms with Gasteiger partial charge >= 0.3 is 8.24 Å². The number of pyridine rings is 1. The van der Waals surface area contributed by atoms with E-state index in [1.165, 1.54) is 16.1 Å². The van der Waals surface area contributed by atoms with E-state index in [0.717, 1.165) is 72.5 Å². The molecule has 3 aromatic heterocycles. The first-order chi connectivity index (χ1) is 25.9. The Morgan fingerprint density at radius 3 is 2.25 bits per heavy atom. The largest absolute Gasteiger partial charge is 0.464 e. The lowest BCUT2D eigenvalue weighted by molar-refractivity contribution is -0.515. The molecular formula is C46H34N4O2Si. The molecule has 1 unspecified atom stereocenters. The number of aromatic nitrogens is 4. The number of ether oxygens (including phenoxy) is 2. The number of para-hydroxylation sites is 3. The maximum absolute atomic E-state index is 7.00. The SMILES string of the molecule is CC(C)(C)c1cc2nc(c1)[Si]1(c3ccccc3)c3ccccc3Oc3cccc4c3[n+]1[c-]n4-c1cccc(c1)Oc1ccc3c4ccccc4n-2c3c1. The van der Waals surface area contributed by atoms with Gasteiger partial charge in [-0.1, -0.05) is 112 Å². The second-order valence-corrected chi connectivity index (χ2v) is 18.5. The van der Waals surface area contributed by atoms with Crippen LogP contribution in [0.4, 0.5) is 0 Å². The number of rotatable bonds is 1. The smallest absolute Gasteiger partial charge is 0.367 e. The molecular weight excluding hydrogens is 669 g/mol. The average Bonchev–Trinajstić information content (AvgIpc) is 3.69. The first-order valence-electron chi connectivity index (χ1n) is 18.0. The molecule has 11 rings (SSSR count). The fraction of sp³-hybridized carbons (Fsp3) is 0.0870. The van der Waals surface area contributed by atoms with Gasteiger partial charge in [-0.25, -0.2) is 4.98 Å². The Kier molecular flexibility index (Phi) is 6.15. The molecule has 8 bridgehead atoms. The Morgan fingerprint density at radius 1 is 0.623 bits per heavy atom. The third-order valence-electron chi connectivity index (χ3n) is 10.9. The van der Waals surface area contributed by atoms with Crippen LogP contribution in [0.15, 0.2) is 152 Å². The lowest BCUT2D eigenvalue weighted by Gasteiger charge is -2.32. The van der Waals surface area contributed by atoms with E-state index in [-0.39, 0.29) is 5.41 Å². The maximum Gasteiger partial charge on any atom is 0.367 e. The Hall–Kier alpha value is -6.44. The van der Waals surface area contributed by atoms with Crippen LogP contribution < -0.4 is 29.4 Å². The predicted molar refractivity (Wildman–Crippen MR) is 213 cm³/mol. The van der Waals surface area contributed by atoms with E-state index in [2.05, 4.69) is 180 Å². The lowest BCUT2D eigenvalue weighted by atomic mass is 9.88. The zero-order valence-electron chi connectivity index (χ0n) is 29.5. The minimum Gasteiger partial charge on any atom is -0.464 e. The van der Waals surface area contributed by atoms with Crippen molar-refractivity contribution in [1.29, 1.82) is 0 Å². The van der Waals surface area contributed by atoms with Gasteiger partial charge in [-0.3, -0.25) is 4.57 Å². The first kappa shape index (κ1) is 30.2. The van der Waals surface area contributed by atoms with Gasteiger partial charge in [-0.15, -0.1) is 0 Å². The summed E-state index contributed by atoms with van der Waals surface area (Å²) in [6.45, 7) is 6.85. The summed E-state index contributed by atoms with van der Waals surface area (Å²) >= 11 is 0. The van der Waals surface area contributed by atoms with Crippen LogP contribution in [0.5, 0.6) is 23.0 Å². The molecule has 0 saturated carbocycles. The second kappa shape index (κ2) is 10.8. The molecule has 0 aliphatic carbocycles. The number of hydrogen-bond donors (Lipinski definition) is 0. The predicted octanol–water partition coefficient (Wildman–Crippen LogP) is 8.23. The zero-order valence-corrected chi connectivity index (χ0v) is 30.5. The van der Waals surface area contributed by atoms with E-state index in [4.69, 9.17) is 14.5 Å². The van der Waals surface area contributed by atoms with Crippen molar-refractivity contribution in [1.82, 2.24) is 14.1 Å². The van der Waals surface area contributed by atoms with E-state index in [1.54, 1.807) is 0 Å². The standard InChI is InChI=1S/C46H34N4O2Si/c1-46(2,3)30-25-43-47-44(26-30)53(34-15-5-4-6-16-34)42-22-10-9-20-40(42)52-41-21-12-19-38-45(41)49(53)29-48(38)31-13-11-14-32(27-31)51-33-23-24-36-35-17-7-8-18-37(35)50(43)39(36)28-33/h4-28H,1-3H3. The summed E-state index contributed by atoms with van der Waals surface area (Å²) in [4.78, 5) is 5.87. The first-order valence-corrected chi connectivity index (χ1v) is 20.0. The molecule has 6 aromatic carbocycles. The van der Waals surface area contributed by atoms with E-state index in [9.17, 15) is 0 Å². The normalized spacial score (nSPS) is 15.8. The number of nitrogens with zero attached hydrogens (tertiary/aromatic N) is 4. The van der Waals surface area contributed by atoms with E-state index < -0.39 is 8.24 Å². The van der Waals surface area contributed by atoms with Crippen LogP contribution in [-0.4, -0.2) is 22.4 Å². The van der Waals surface area contributed by atoms with Crippen LogP contribution in [0.2, 0.25) is 0 Å². The molecule has 0 radical (unpaired) electrons. The number of hydrogen-bond acceptors (Lipinski definition) is 3. The lowest BCUT2D eigenvalue weighted by Crippen LogP contribution is -2.85. The molecule has 9 aromatic rings. The molecule has 0 fully saturated rings. The summed E-state index contributed by atoms with van der Waals surface area (Å²) in [5.74, 6) is 3.97. The van der Waals surface area contributed by atoms with Crippen LogP contribution in [0, 0.1) is 6.33 Å². The molecule has 6 nitrogen and oxygen atoms in total. The van der Waals surface area contributed by atoms with Crippen LogP contribution in [0.1, 0.15) is 26.3 Å². The van der Waals surface area contributed by atoms with Gasteiger partial charge in [0.15, 0.2) is 0 Å². The van der Waals surface area contributed by atoms with Crippen molar-refractivity contribution in [2.75, 3.05) is 0 Å². The van der Waals surface area contributed by atoms with Crippen molar-refractivity contribution < 1.29 is 13.7 Å². The van der Waals surface area contributed by atoms with Gasteiger partial charge in [0.1, 0.15) is 28.8 Å². The van der Waals surface area contributed by atoms with Crippen molar-refractivity contribution in [2.45, 2.75) is 26.2 Å². The Balaban J connectivity index is 1.41. The monoisotopic (exact) mass is 702 g/mol. The Labute approximate surface area is 307 Å². The van der Waals surface area contributed by atoms with E-state index in [0.29, 0.717) is 0 Å². The third kappa shape index (κ3) is 4.25. The van der Waals surface area contributed by atoms with Gasteiger partial charge in [0.2, 0.25) is 6.33 Å². The zero-order chi connectivity index (χ0) is 35.5. The Morgan fingerprint density at radius 2 is 1.36 bits per heavy atom. The number of fused-ring (bicyclic) bond motifs is 15. The quantitative estimate of drug-likeness (QED) is 0.128. The Bertz CT molecular complexity index is 2960. The average molecular weight is 703 g/mol. The highest BCUT2D eigenvalue weighted by Gasteiger charge is 2.53. The summed E-state index contributed by atoms with van der Waals surface area (Å²) in [6.07, 6.45) is 3.96. The molecule has 0 amide bonds. The van der Waals surface area contributed by atoms with Crippen molar-refractivity contribution in [3.05, 3.63) is 164 Å². The topological polar surface area (TPSA) is 45.1 Å². The minimum absolute atomic E-state index is 0.192. The third-order valence-corrected chi connectivity index (χ3v) is 15.3. The van der Waals surface area contributed by atoms with Gasteiger partial charge in [0.05, 0.1) is 33.1 Å². The summed E-state index contributed by atoms with van der Waals surface area (Å²) in [7, 11) is -3.40. The summed E-state index contributed by atoms with van der Waals surface area (Å²) in [5.41, 5.74) is 6.03. The highest BCUT2D eigenvalue weighted by Crippen LogP contribution is 2.38. The molecule has 2 aliphatic heterocycles. The molecule has 5 heterocycles.